The first-order valence-electron chi connectivity index (χ1n) is 9.89. The van der Waals surface area contributed by atoms with E-state index in [1.807, 2.05) is 0 Å². The molecule has 0 atom stereocenters. The number of halogens is 1. The molecule has 0 saturated heterocycles. The van der Waals surface area contributed by atoms with Crippen LogP contribution in [0.3, 0.4) is 0 Å². The Hall–Kier alpha value is 0.730. The highest BCUT2D eigenvalue weighted by Crippen LogP contribution is 2.42. The van der Waals surface area contributed by atoms with Crippen LogP contribution in [0.25, 0.3) is 0 Å². The maximum Gasteiger partial charge on any atom is 0.00237 e. The Morgan fingerprint density at radius 2 is 1.19 bits per heavy atom. The second-order valence-electron chi connectivity index (χ2n) is 7.92. The maximum absolute atomic E-state index is 2.59. The molecule has 21 heavy (non-hydrogen) atoms. The zero-order valence-corrected chi connectivity index (χ0v) is 16.5. The van der Waals surface area contributed by atoms with Crippen molar-refractivity contribution in [1.29, 1.82) is 0 Å². The monoisotopic (exact) mass is 404 g/mol. The van der Waals surface area contributed by atoms with E-state index in [1.54, 1.807) is 38.5 Å². The van der Waals surface area contributed by atoms with Gasteiger partial charge in [-0.15, -0.1) is 0 Å². The third-order valence-corrected chi connectivity index (χ3v) is 7.63. The first kappa shape index (κ1) is 18.1. The van der Waals surface area contributed by atoms with E-state index in [9.17, 15) is 0 Å². The van der Waals surface area contributed by atoms with Gasteiger partial charge in [0.2, 0.25) is 0 Å². The lowest BCUT2D eigenvalue weighted by Crippen LogP contribution is -2.26. The second kappa shape index (κ2) is 10.5. The molecule has 0 aromatic heterocycles. The Balaban J connectivity index is 1.56. The third-order valence-electron chi connectivity index (χ3n) is 6.38. The Kier molecular flexibility index (Phi) is 9.03. The third kappa shape index (κ3) is 6.39. The SMILES string of the molecule is CCCCCCCC1CCC(C2CCC(CI)CC2)CC1. The molecule has 2 fully saturated rings. The van der Waals surface area contributed by atoms with Crippen molar-refractivity contribution in [1.82, 2.24) is 0 Å². The van der Waals surface area contributed by atoms with Crippen molar-refractivity contribution in [3.8, 4) is 0 Å². The number of alkyl halides is 1. The van der Waals surface area contributed by atoms with Gasteiger partial charge in [0, 0.05) is 4.43 Å². The Bertz CT molecular complexity index is 247. The summed E-state index contributed by atoms with van der Waals surface area (Å²) in [5, 5.41) is 0. The first-order valence-corrected chi connectivity index (χ1v) is 11.4. The summed E-state index contributed by atoms with van der Waals surface area (Å²) in [6.45, 7) is 2.31. The number of hydrogen-bond donors (Lipinski definition) is 0. The van der Waals surface area contributed by atoms with Gasteiger partial charge in [0.15, 0.2) is 0 Å². The molecule has 0 N–H and O–H groups in total. The van der Waals surface area contributed by atoms with Gasteiger partial charge < -0.3 is 0 Å². The molecule has 2 rings (SSSR count). The molecular weight excluding hydrogens is 367 g/mol. The quantitative estimate of drug-likeness (QED) is 0.225. The standard InChI is InChI=1S/C20H37I/c1-2-3-4-5-6-7-17-8-12-19(13-9-17)20-14-10-18(16-21)11-15-20/h17-20H,2-16H2,1H3. The van der Waals surface area contributed by atoms with Crippen LogP contribution in [0.15, 0.2) is 0 Å². The van der Waals surface area contributed by atoms with Gasteiger partial charge in [0.05, 0.1) is 0 Å². The highest BCUT2D eigenvalue weighted by Gasteiger charge is 2.30. The normalized spacial score (nSPS) is 34.0. The molecule has 0 aromatic rings. The van der Waals surface area contributed by atoms with Gasteiger partial charge >= 0.3 is 0 Å². The molecule has 0 amide bonds. The van der Waals surface area contributed by atoms with Crippen molar-refractivity contribution in [2.24, 2.45) is 23.7 Å². The fraction of sp³-hybridized carbons (Fsp3) is 1.00. The highest BCUT2D eigenvalue weighted by molar-refractivity contribution is 14.1. The van der Waals surface area contributed by atoms with E-state index in [0.717, 1.165) is 23.7 Å². The minimum absolute atomic E-state index is 1.06. The number of rotatable bonds is 8. The van der Waals surface area contributed by atoms with E-state index >= 15 is 0 Å². The van der Waals surface area contributed by atoms with E-state index < -0.39 is 0 Å². The fourth-order valence-corrected chi connectivity index (χ4v) is 5.68. The van der Waals surface area contributed by atoms with Gasteiger partial charge in [-0.3, -0.25) is 0 Å². The van der Waals surface area contributed by atoms with Crippen molar-refractivity contribution >= 4 is 22.6 Å². The summed E-state index contributed by atoms with van der Waals surface area (Å²) in [7, 11) is 0. The first-order chi connectivity index (χ1) is 10.3. The molecule has 0 radical (unpaired) electrons. The van der Waals surface area contributed by atoms with E-state index in [0.29, 0.717) is 0 Å². The minimum Gasteiger partial charge on any atom is -0.0861 e. The van der Waals surface area contributed by atoms with Crippen LogP contribution in [0, 0.1) is 23.7 Å². The van der Waals surface area contributed by atoms with Gasteiger partial charge in [0.1, 0.15) is 0 Å². The van der Waals surface area contributed by atoms with E-state index in [-0.39, 0.29) is 0 Å². The molecule has 0 aromatic carbocycles. The van der Waals surface area contributed by atoms with Crippen molar-refractivity contribution < 1.29 is 0 Å². The Labute approximate surface area is 147 Å². The zero-order chi connectivity index (χ0) is 14.9. The van der Waals surface area contributed by atoms with Gasteiger partial charge in [-0.1, -0.05) is 80.9 Å². The van der Waals surface area contributed by atoms with Crippen molar-refractivity contribution in [2.75, 3.05) is 4.43 Å². The summed E-state index contributed by atoms with van der Waals surface area (Å²) < 4.78 is 1.40. The molecule has 0 aliphatic heterocycles. The lowest BCUT2D eigenvalue weighted by atomic mass is 9.69. The summed E-state index contributed by atoms with van der Waals surface area (Å²) in [4.78, 5) is 0. The summed E-state index contributed by atoms with van der Waals surface area (Å²) in [6, 6.07) is 0. The van der Waals surface area contributed by atoms with Crippen molar-refractivity contribution in [2.45, 2.75) is 96.8 Å². The molecular formula is C20H37I. The molecule has 0 spiro atoms. The van der Waals surface area contributed by atoms with Gasteiger partial charge in [-0.05, 0) is 62.2 Å². The maximum atomic E-state index is 2.59. The zero-order valence-electron chi connectivity index (χ0n) is 14.3. The summed E-state index contributed by atoms with van der Waals surface area (Å²) >= 11 is 2.59. The van der Waals surface area contributed by atoms with E-state index in [2.05, 4.69) is 29.5 Å². The van der Waals surface area contributed by atoms with Crippen LogP contribution < -0.4 is 0 Å². The topological polar surface area (TPSA) is 0 Å². The van der Waals surface area contributed by atoms with Crippen molar-refractivity contribution in [3.63, 3.8) is 0 Å². The lowest BCUT2D eigenvalue weighted by Gasteiger charge is -2.37. The predicted octanol–water partition coefficient (Wildman–Crippen LogP) is 7.39. The van der Waals surface area contributed by atoms with Crippen LogP contribution in [-0.2, 0) is 0 Å². The molecule has 0 nitrogen and oxygen atoms in total. The molecule has 2 aliphatic carbocycles. The Morgan fingerprint density at radius 1 is 0.667 bits per heavy atom. The second-order valence-corrected chi connectivity index (χ2v) is 8.80. The van der Waals surface area contributed by atoms with Crippen LogP contribution in [-0.4, -0.2) is 4.43 Å². The summed E-state index contributed by atoms with van der Waals surface area (Å²) in [5.74, 6) is 4.36. The van der Waals surface area contributed by atoms with E-state index in [1.165, 1.54) is 55.8 Å². The molecule has 2 aliphatic rings. The van der Waals surface area contributed by atoms with Crippen LogP contribution >= 0.6 is 22.6 Å². The predicted molar refractivity (Wildman–Crippen MR) is 103 cm³/mol. The summed E-state index contributed by atoms with van der Waals surface area (Å²) in [5.41, 5.74) is 0. The lowest BCUT2D eigenvalue weighted by molar-refractivity contribution is 0.148. The van der Waals surface area contributed by atoms with Crippen LogP contribution in [0.2, 0.25) is 0 Å². The molecule has 2 saturated carbocycles. The fourth-order valence-electron chi connectivity index (χ4n) is 4.80. The number of unbranched alkanes of at least 4 members (excludes halogenated alkanes) is 4. The summed E-state index contributed by atoms with van der Waals surface area (Å²) in [6.07, 6.45) is 21.3. The van der Waals surface area contributed by atoms with E-state index in [4.69, 9.17) is 0 Å². The van der Waals surface area contributed by atoms with Crippen molar-refractivity contribution in [3.05, 3.63) is 0 Å². The van der Waals surface area contributed by atoms with Gasteiger partial charge in [0.25, 0.3) is 0 Å². The van der Waals surface area contributed by atoms with Crippen LogP contribution in [0.4, 0.5) is 0 Å². The largest absolute Gasteiger partial charge is 0.0861 e. The molecule has 124 valence electrons. The van der Waals surface area contributed by atoms with Gasteiger partial charge in [-0.2, -0.15) is 0 Å². The molecule has 0 unspecified atom stereocenters. The average molecular weight is 404 g/mol. The van der Waals surface area contributed by atoms with Crippen LogP contribution in [0.1, 0.15) is 96.8 Å². The Morgan fingerprint density at radius 3 is 1.71 bits per heavy atom. The molecule has 0 bridgehead atoms. The molecule has 0 heterocycles. The number of hydrogen-bond acceptors (Lipinski definition) is 0. The minimum atomic E-state index is 1.06. The molecule has 1 heteroatoms. The average Bonchev–Trinajstić information content (AvgIpc) is 2.55. The van der Waals surface area contributed by atoms with Crippen LogP contribution in [0.5, 0.6) is 0 Å². The smallest absolute Gasteiger partial charge is 0.00237 e. The highest BCUT2D eigenvalue weighted by atomic mass is 127. The van der Waals surface area contributed by atoms with Gasteiger partial charge in [-0.25, -0.2) is 0 Å².